The van der Waals surface area contributed by atoms with Gasteiger partial charge in [0.25, 0.3) is 5.56 Å². The molecule has 0 bridgehead atoms. The molecule has 1 aromatic carbocycles. The largest absolute Gasteiger partial charge is 0.268 e. The first-order valence-corrected chi connectivity index (χ1v) is 5.28. The molecule has 15 heavy (non-hydrogen) atoms. The number of hydrogen-bond donors (Lipinski definition) is 1. The Hall–Kier alpha value is -1.42. The molecule has 0 spiro atoms. The Balaban J connectivity index is 2.54. The predicted octanol–water partition coefficient (Wildman–Crippen LogP) is 2.51. The van der Waals surface area contributed by atoms with E-state index in [1.807, 2.05) is 25.1 Å². The van der Waals surface area contributed by atoms with Crippen molar-refractivity contribution in [2.75, 3.05) is 0 Å². The summed E-state index contributed by atoms with van der Waals surface area (Å²) in [6, 6.07) is 9.16. The van der Waals surface area contributed by atoms with Crippen molar-refractivity contribution in [3.63, 3.8) is 0 Å². The number of rotatable bonds is 1. The fourth-order valence-corrected chi connectivity index (χ4v) is 2.02. The SMILES string of the molecule is Cc1ccc(-c2ccc(=O)[nH]n2)c(Br)c1. The van der Waals surface area contributed by atoms with Gasteiger partial charge in [-0.15, -0.1) is 0 Å². The highest BCUT2D eigenvalue weighted by Crippen LogP contribution is 2.26. The van der Waals surface area contributed by atoms with Crippen LogP contribution in [-0.4, -0.2) is 10.2 Å². The van der Waals surface area contributed by atoms with Crippen LogP contribution in [0.5, 0.6) is 0 Å². The molecule has 76 valence electrons. The maximum atomic E-state index is 10.9. The molecular weight excluding hydrogens is 256 g/mol. The van der Waals surface area contributed by atoms with Gasteiger partial charge in [-0.2, -0.15) is 5.10 Å². The molecule has 0 radical (unpaired) electrons. The summed E-state index contributed by atoms with van der Waals surface area (Å²) in [5.74, 6) is 0. The molecule has 0 atom stereocenters. The summed E-state index contributed by atoms with van der Waals surface area (Å²) >= 11 is 3.47. The lowest BCUT2D eigenvalue weighted by molar-refractivity contribution is 0.994. The summed E-state index contributed by atoms with van der Waals surface area (Å²) in [5, 5.41) is 6.39. The van der Waals surface area contributed by atoms with Crippen molar-refractivity contribution >= 4 is 15.9 Å². The van der Waals surface area contributed by atoms with Crippen LogP contribution >= 0.6 is 15.9 Å². The van der Waals surface area contributed by atoms with Crippen molar-refractivity contribution in [3.8, 4) is 11.3 Å². The topological polar surface area (TPSA) is 45.8 Å². The van der Waals surface area contributed by atoms with Crippen LogP contribution in [-0.2, 0) is 0 Å². The van der Waals surface area contributed by atoms with Gasteiger partial charge in [-0.05, 0) is 24.6 Å². The maximum Gasteiger partial charge on any atom is 0.264 e. The Morgan fingerprint density at radius 3 is 2.67 bits per heavy atom. The quantitative estimate of drug-likeness (QED) is 0.861. The monoisotopic (exact) mass is 264 g/mol. The van der Waals surface area contributed by atoms with Gasteiger partial charge in [-0.1, -0.05) is 28.1 Å². The summed E-state index contributed by atoms with van der Waals surface area (Å²) in [7, 11) is 0. The summed E-state index contributed by atoms with van der Waals surface area (Å²) in [6.45, 7) is 2.02. The molecule has 0 amide bonds. The Bertz CT molecular complexity index is 528. The zero-order valence-corrected chi connectivity index (χ0v) is 9.71. The van der Waals surface area contributed by atoms with E-state index in [1.165, 1.54) is 11.6 Å². The van der Waals surface area contributed by atoms with Gasteiger partial charge in [0, 0.05) is 16.1 Å². The molecule has 0 unspecified atom stereocenters. The fraction of sp³-hybridized carbons (Fsp3) is 0.0909. The third-order valence-corrected chi connectivity index (χ3v) is 2.74. The third kappa shape index (κ3) is 2.15. The smallest absolute Gasteiger partial charge is 0.264 e. The number of hydrogen-bond acceptors (Lipinski definition) is 2. The molecule has 0 fully saturated rings. The molecule has 1 aromatic heterocycles. The van der Waals surface area contributed by atoms with E-state index >= 15 is 0 Å². The molecular formula is C11H9BrN2O. The zero-order chi connectivity index (χ0) is 10.8. The van der Waals surface area contributed by atoms with Crippen molar-refractivity contribution in [1.82, 2.24) is 10.2 Å². The Morgan fingerprint density at radius 2 is 2.07 bits per heavy atom. The van der Waals surface area contributed by atoms with Gasteiger partial charge in [0.2, 0.25) is 0 Å². The molecule has 0 aliphatic carbocycles. The van der Waals surface area contributed by atoms with E-state index in [4.69, 9.17) is 0 Å². The molecule has 0 aliphatic heterocycles. The number of aryl methyl sites for hydroxylation is 1. The molecule has 2 aromatic rings. The first-order chi connectivity index (χ1) is 7.16. The van der Waals surface area contributed by atoms with Gasteiger partial charge in [-0.3, -0.25) is 4.79 Å². The van der Waals surface area contributed by atoms with E-state index in [9.17, 15) is 4.79 Å². The van der Waals surface area contributed by atoms with Gasteiger partial charge >= 0.3 is 0 Å². The first kappa shape index (κ1) is 10.1. The number of H-pyrrole nitrogens is 1. The second kappa shape index (κ2) is 3.98. The molecule has 0 saturated heterocycles. The van der Waals surface area contributed by atoms with Crippen molar-refractivity contribution in [1.29, 1.82) is 0 Å². The van der Waals surface area contributed by atoms with Crippen LogP contribution < -0.4 is 5.56 Å². The number of nitrogens with zero attached hydrogens (tertiary/aromatic N) is 1. The van der Waals surface area contributed by atoms with Crippen LogP contribution in [0.3, 0.4) is 0 Å². The Kier molecular flexibility index (Phi) is 2.68. The maximum absolute atomic E-state index is 10.9. The van der Waals surface area contributed by atoms with Crippen LogP contribution in [0.4, 0.5) is 0 Å². The highest BCUT2D eigenvalue weighted by Gasteiger charge is 2.04. The van der Waals surface area contributed by atoms with E-state index in [0.717, 1.165) is 15.7 Å². The van der Waals surface area contributed by atoms with Gasteiger partial charge in [-0.25, -0.2) is 5.10 Å². The number of benzene rings is 1. The van der Waals surface area contributed by atoms with E-state index in [1.54, 1.807) is 6.07 Å². The number of aromatic amines is 1. The molecule has 0 aliphatic rings. The van der Waals surface area contributed by atoms with E-state index in [0.29, 0.717) is 0 Å². The third-order valence-electron chi connectivity index (χ3n) is 2.08. The van der Waals surface area contributed by atoms with Crippen LogP contribution in [0.2, 0.25) is 0 Å². The van der Waals surface area contributed by atoms with Crippen LogP contribution in [0.1, 0.15) is 5.56 Å². The lowest BCUT2D eigenvalue weighted by Crippen LogP contribution is -2.05. The lowest BCUT2D eigenvalue weighted by Gasteiger charge is -2.03. The molecule has 3 nitrogen and oxygen atoms in total. The second-order valence-corrected chi connectivity index (χ2v) is 4.14. The van der Waals surface area contributed by atoms with Gasteiger partial charge in [0.1, 0.15) is 0 Å². The van der Waals surface area contributed by atoms with E-state index in [-0.39, 0.29) is 5.56 Å². The first-order valence-electron chi connectivity index (χ1n) is 4.49. The highest BCUT2D eigenvalue weighted by atomic mass is 79.9. The summed E-state index contributed by atoms with van der Waals surface area (Å²) in [6.07, 6.45) is 0. The lowest BCUT2D eigenvalue weighted by atomic mass is 10.1. The molecule has 2 rings (SSSR count). The Labute approximate surface area is 95.3 Å². The van der Waals surface area contributed by atoms with Crippen LogP contribution in [0.25, 0.3) is 11.3 Å². The zero-order valence-electron chi connectivity index (χ0n) is 8.12. The molecule has 0 saturated carbocycles. The molecule has 1 heterocycles. The fourth-order valence-electron chi connectivity index (χ4n) is 1.32. The molecule has 1 N–H and O–H groups in total. The minimum absolute atomic E-state index is 0.193. The summed E-state index contributed by atoms with van der Waals surface area (Å²) in [4.78, 5) is 10.9. The van der Waals surface area contributed by atoms with E-state index in [2.05, 4.69) is 26.1 Å². The summed E-state index contributed by atoms with van der Waals surface area (Å²) in [5.41, 5.74) is 2.70. The van der Waals surface area contributed by atoms with Crippen molar-refractivity contribution in [2.45, 2.75) is 6.92 Å². The number of halogens is 1. The highest BCUT2D eigenvalue weighted by molar-refractivity contribution is 9.10. The van der Waals surface area contributed by atoms with E-state index < -0.39 is 0 Å². The average Bonchev–Trinajstić information content (AvgIpc) is 2.20. The number of aromatic nitrogens is 2. The minimum Gasteiger partial charge on any atom is -0.268 e. The Morgan fingerprint density at radius 1 is 1.27 bits per heavy atom. The number of nitrogens with one attached hydrogen (secondary N) is 1. The normalized spacial score (nSPS) is 10.3. The van der Waals surface area contributed by atoms with Crippen LogP contribution in [0, 0.1) is 6.92 Å². The summed E-state index contributed by atoms with van der Waals surface area (Å²) < 4.78 is 0.974. The second-order valence-electron chi connectivity index (χ2n) is 3.29. The average molecular weight is 265 g/mol. The minimum atomic E-state index is -0.193. The van der Waals surface area contributed by atoms with Crippen molar-refractivity contribution < 1.29 is 0 Å². The van der Waals surface area contributed by atoms with Gasteiger partial charge < -0.3 is 0 Å². The van der Waals surface area contributed by atoms with Gasteiger partial charge in [0.15, 0.2) is 0 Å². The van der Waals surface area contributed by atoms with Crippen molar-refractivity contribution in [2.24, 2.45) is 0 Å². The molecule has 4 heteroatoms. The van der Waals surface area contributed by atoms with Crippen LogP contribution in [0.15, 0.2) is 39.6 Å². The van der Waals surface area contributed by atoms with Crippen molar-refractivity contribution in [3.05, 3.63) is 50.7 Å². The predicted molar refractivity (Wildman–Crippen MR) is 62.7 cm³/mol. The van der Waals surface area contributed by atoms with Gasteiger partial charge in [0.05, 0.1) is 5.69 Å². The standard InChI is InChI=1S/C11H9BrN2O/c1-7-2-3-8(9(12)6-7)10-4-5-11(15)14-13-10/h2-6H,1H3,(H,14,15).